The molecule has 3 aromatic carbocycles. The van der Waals surface area contributed by atoms with Gasteiger partial charge in [0.2, 0.25) is 5.91 Å². The average molecular weight is 458 g/mol. The van der Waals surface area contributed by atoms with Gasteiger partial charge in [0, 0.05) is 30.0 Å². The summed E-state index contributed by atoms with van der Waals surface area (Å²) in [6, 6.07) is 24.6. The van der Waals surface area contributed by atoms with E-state index in [9.17, 15) is 9.59 Å². The predicted octanol–water partition coefficient (Wildman–Crippen LogP) is 5.19. The van der Waals surface area contributed by atoms with Crippen LogP contribution >= 0.6 is 0 Å². The molecule has 1 aliphatic heterocycles. The number of likely N-dealkylation sites (tertiary alicyclic amines) is 1. The van der Waals surface area contributed by atoms with E-state index in [1.807, 2.05) is 59.5 Å². The molecule has 3 aromatic rings. The molecule has 2 amide bonds. The zero-order valence-electron chi connectivity index (χ0n) is 19.5. The van der Waals surface area contributed by atoms with Gasteiger partial charge in [-0.15, -0.1) is 0 Å². The van der Waals surface area contributed by atoms with Crippen LogP contribution in [0.3, 0.4) is 0 Å². The maximum absolute atomic E-state index is 12.7. The number of hydrogen-bond donors (Lipinski definition) is 2. The van der Waals surface area contributed by atoms with Crippen molar-refractivity contribution in [3.8, 4) is 5.75 Å². The van der Waals surface area contributed by atoms with Crippen LogP contribution in [0.25, 0.3) is 0 Å². The van der Waals surface area contributed by atoms with Gasteiger partial charge in [-0.1, -0.05) is 37.3 Å². The summed E-state index contributed by atoms with van der Waals surface area (Å²) in [5.74, 6) is 1.35. The van der Waals surface area contributed by atoms with Crippen molar-refractivity contribution in [2.45, 2.75) is 26.4 Å². The first-order chi connectivity index (χ1) is 16.6. The predicted molar refractivity (Wildman–Crippen MR) is 135 cm³/mol. The molecular weight excluding hydrogens is 426 g/mol. The minimum absolute atomic E-state index is 0.0580. The van der Waals surface area contributed by atoms with Crippen molar-refractivity contribution in [3.63, 3.8) is 0 Å². The Morgan fingerprint density at radius 2 is 1.53 bits per heavy atom. The topological polar surface area (TPSA) is 70.7 Å². The highest BCUT2D eigenvalue weighted by atomic mass is 16.5. The molecule has 6 nitrogen and oxygen atoms in total. The number of benzene rings is 3. The Labute approximate surface area is 200 Å². The van der Waals surface area contributed by atoms with Crippen LogP contribution in [-0.4, -0.2) is 36.3 Å². The maximum atomic E-state index is 12.7. The molecule has 2 N–H and O–H groups in total. The number of nitrogens with one attached hydrogen (secondary N) is 2. The number of rotatable bonds is 8. The van der Waals surface area contributed by atoms with Crippen LogP contribution in [0.15, 0.2) is 78.9 Å². The third-order valence-electron chi connectivity index (χ3n) is 6.04. The van der Waals surface area contributed by atoms with Crippen LogP contribution in [0, 0.1) is 5.92 Å². The van der Waals surface area contributed by atoms with E-state index in [1.54, 1.807) is 24.3 Å². The van der Waals surface area contributed by atoms with Crippen LogP contribution in [-0.2, 0) is 11.4 Å². The molecule has 1 aliphatic rings. The van der Waals surface area contributed by atoms with Crippen LogP contribution in [0.1, 0.15) is 35.7 Å². The molecule has 0 spiro atoms. The summed E-state index contributed by atoms with van der Waals surface area (Å²) < 4.78 is 5.79. The highest BCUT2D eigenvalue weighted by molar-refractivity contribution is 5.96. The third-order valence-corrected chi connectivity index (χ3v) is 6.04. The van der Waals surface area contributed by atoms with Crippen molar-refractivity contribution in [2.75, 3.05) is 30.3 Å². The SMILES string of the molecule is CC1CCN(C(=O)c2ccc(NC(=O)CNc3ccc(OCc4ccccc4)cc3)cc2)CC1. The third kappa shape index (κ3) is 6.61. The van der Waals surface area contributed by atoms with Crippen LogP contribution < -0.4 is 15.4 Å². The fraction of sp³-hybridized carbons (Fsp3) is 0.286. The van der Waals surface area contributed by atoms with E-state index < -0.39 is 0 Å². The molecule has 6 heteroatoms. The highest BCUT2D eigenvalue weighted by Gasteiger charge is 2.21. The molecule has 0 aromatic heterocycles. The quantitative estimate of drug-likeness (QED) is 0.488. The molecule has 1 fully saturated rings. The molecule has 0 atom stereocenters. The summed E-state index contributed by atoms with van der Waals surface area (Å²) in [6.07, 6.45) is 2.10. The Bertz CT molecular complexity index is 1070. The van der Waals surface area contributed by atoms with Gasteiger partial charge in [-0.25, -0.2) is 0 Å². The summed E-state index contributed by atoms with van der Waals surface area (Å²) in [6.45, 7) is 4.49. The second-order valence-corrected chi connectivity index (χ2v) is 8.75. The van der Waals surface area contributed by atoms with Crippen molar-refractivity contribution in [3.05, 3.63) is 90.0 Å². The lowest BCUT2D eigenvalue weighted by molar-refractivity contribution is -0.114. The lowest BCUT2D eigenvalue weighted by Gasteiger charge is -2.30. The lowest BCUT2D eigenvalue weighted by atomic mass is 9.98. The molecular formula is C28H31N3O3. The number of carbonyl (C=O) groups is 2. The Hall–Kier alpha value is -3.80. The normalized spacial score (nSPS) is 13.9. The van der Waals surface area contributed by atoms with Crippen molar-refractivity contribution >= 4 is 23.2 Å². The number of amides is 2. The van der Waals surface area contributed by atoms with Gasteiger partial charge in [-0.05, 0) is 72.9 Å². The summed E-state index contributed by atoms with van der Waals surface area (Å²) in [5, 5.41) is 5.98. The van der Waals surface area contributed by atoms with E-state index in [-0.39, 0.29) is 18.4 Å². The first-order valence-electron chi connectivity index (χ1n) is 11.8. The highest BCUT2D eigenvalue weighted by Crippen LogP contribution is 2.20. The Morgan fingerprint density at radius 1 is 0.882 bits per heavy atom. The van der Waals surface area contributed by atoms with Gasteiger partial charge >= 0.3 is 0 Å². The number of anilines is 2. The summed E-state index contributed by atoms with van der Waals surface area (Å²) in [5.41, 5.74) is 3.26. The standard InChI is InChI=1S/C28H31N3O3/c1-21-15-17-31(18-16-21)28(33)23-7-9-25(10-8-23)30-27(32)19-29-24-11-13-26(14-12-24)34-20-22-5-3-2-4-6-22/h2-14,21,29H,15-20H2,1H3,(H,30,32). The van der Waals surface area contributed by atoms with Gasteiger partial charge in [0.25, 0.3) is 5.91 Å². The Balaban J connectivity index is 1.21. The maximum Gasteiger partial charge on any atom is 0.253 e. The first-order valence-corrected chi connectivity index (χ1v) is 11.8. The molecule has 0 radical (unpaired) electrons. The molecule has 34 heavy (non-hydrogen) atoms. The summed E-state index contributed by atoms with van der Waals surface area (Å²) >= 11 is 0. The van der Waals surface area contributed by atoms with E-state index in [1.165, 1.54) is 0 Å². The molecule has 0 aliphatic carbocycles. The van der Waals surface area contributed by atoms with Crippen molar-refractivity contribution in [2.24, 2.45) is 5.92 Å². The smallest absolute Gasteiger partial charge is 0.253 e. The monoisotopic (exact) mass is 457 g/mol. The lowest BCUT2D eigenvalue weighted by Crippen LogP contribution is -2.37. The Morgan fingerprint density at radius 3 is 2.21 bits per heavy atom. The van der Waals surface area contributed by atoms with Crippen LogP contribution in [0.5, 0.6) is 5.75 Å². The number of hydrogen-bond acceptors (Lipinski definition) is 4. The largest absolute Gasteiger partial charge is 0.489 e. The van der Waals surface area contributed by atoms with E-state index in [4.69, 9.17) is 4.74 Å². The number of carbonyl (C=O) groups excluding carboxylic acids is 2. The van der Waals surface area contributed by atoms with Crippen LogP contribution in [0.4, 0.5) is 11.4 Å². The first kappa shape index (κ1) is 23.4. The van der Waals surface area contributed by atoms with E-state index in [0.29, 0.717) is 23.8 Å². The second-order valence-electron chi connectivity index (χ2n) is 8.75. The van der Waals surface area contributed by atoms with Gasteiger partial charge < -0.3 is 20.3 Å². The van der Waals surface area contributed by atoms with Gasteiger partial charge in [0.05, 0.1) is 6.54 Å². The number of ether oxygens (including phenoxy) is 1. The van der Waals surface area contributed by atoms with Crippen molar-refractivity contribution in [1.82, 2.24) is 4.90 Å². The molecule has 1 heterocycles. The molecule has 1 saturated heterocycles. The molecule has 0 bridgehead atoms. The van der Waals surface area contributed by atoms with E-state index >= 15 is 0 Å². The van der Waals surface area contributed by atoms with Crippen LogP contribution in [0.2, 0.25) is 0 Å². The summed E-state index contributed by atoms with van der Waals surface area (Å²) in [7, 11) is 0. The van der Waals surface area contributed by atoms with E-state index in [2.05, 4.69) is 17.6 Å². The van der Waals surface area contributed by atoms with Crippen molar-refractivity contribution in [1.29, 1.82) is 0 Å². The fourth-order valence-corrected chi connectivity index (χ4v) is 3.89. The molecule has 0 unspecified atom stereocenters. The zero-order valence-corrected chi connectivity index (χ0v) is 19.5. The van der Waals surface area contributed by atoms with Gasteiger partial charge in [-0.2, -0.15) is 0 Å². The van der Waals surface area contributed by atoms with Gasteiger partial charge in [0.1, 0.15) is 12.4 Å². The number of piperidine rings is 1. The summed E-state index contributed by atoms with van der Waals surface area (Å²) in [4.78, 5) is 26.9. The number of nitrogens with zero attached hydrogens (tertiary/aromatic N) is 1. The minimum Gasteiger partial charge on any atom is -0.489 e. The molecule has 4 rings (SSSR count). The van der Waals surface area contributed by atoms with E-state index in [0.717, 1.165) is 42.9 Å². The molecule has 176 valence electrons. The van der Waals surface area contributed by atoms with Gasteiger partial charge in [0.15, 0.2) is 0 Å². The minimum atomic E-state index is -0.159. The van der Waals surface area contributed by atoms with Gasteiger partial charge in [-0.3, -0.25) is 9.59 Å². The van der Waals surface area contributed by atoms with Crippen molar-refractivity contribution < 1.29 is 14.3 Å². The average Bonchev–Trinajstić information content (AvgIpc) is 2.88. The fourth-order valence-electron chi connectivity index (χ4n) is 3.89. The zero-order chi connectivity index (χ0) is 23.8. The second kappa shape index (κ2) is 11.4. The Kier molecular flexibility index (Phi) is 7.81. The molecule has 0 saturated carbocycles.